The number of halogens is 1. The van der Waals surface area contributed by atoms with E-state index in [4.69, 9.17) is 5.11 Å². The molecule has 1 saturated carbocycles. The van der Waals surface area contributed by atoms with Gasteiger partial charge in [0, 0.05) is 5.92 Å². The lowest BCUT2D eigenvalue weighted by atomic mass is 10.1. The Bertz CT molecular complexity index is 647. The van der Waals surface area contributed by atoms with Crippen molar-refractivity contribution in [3.05, 3.63) is 46.2 Å². The van der Waals surface area contributed by atoms with Crippen LogP contribution in [0.25, 0.3) is 5.69 Å². The maximum Gasteiger partial charge on any atom is 0.337 e. The van der Waals surface area contributed by atoms with E-state index in [9.17, 15) is 9.90 Å². The number of nitrogens with zero attached hydrogens (tertiary/aromatic N) is 2. The van der Waals surface area contributed by atoms with E-state index >= 15 is 0 Å². The van der Waals surface area contributed by atoms with Crippen LogP contribution in [0.2, 0.25) is 0 Å². The summed E-state index contributed by atoms with van der Waals surface area (Å²) in [5, 5.41) is 22.6. The molecule has 1 aromatic heterocycles. The van der Waals surface area contributed by atoms with Crippen LogP contribution >= 0.6 is 15.9 Å². The number of carboxylic acids is 1. The van der Waals surface area contributed by atoms with Gasteiger partial charge in [0.2, 0.25) is 0 Å². The number of carboxylic acid groups (broad SMARTS) is 1. The van der Waals surface area contributed by atoms with Gasteiger partial charge in [-0.2, -0.15) is 5.10 Å². The van der Waals surface area contributed by atoms with Crippen molar-refractivity contribution in [2.75, 3.05) is 0 Å². The molecule has 104 valence electrons. The zero-order valence-electron chi connectivity index (χ0n) is 10.5. The fraction of sp³-hybridized carbons (Fsp3) is 0.286. The third kappa shape index (κ3) is 2.36. The van der Waals surface area contributed by atoms with Crippen LogP contribution in [0.3, 0.4) is 0 Å². The van der Waals surface area contributed by atoms with Crippen molar-refractivity contribution in [1.29, 1.82) is 0 Å². The molecule has 20 heavy (non-hydrogen) atoms. The Morgan fingerprint density at radius 1 is 1.35 bits per heavy atom. The van der Waals surface area contributed by atoms with E-state index in [1.807, 2.05) is 4.68 Å². The molecular formula is C14H13BrN2O3. The number of aliphatic carboxylic acids is 1. The number of benzene rings is 1. The summed E-state index contributed by atoms with van der Waals surface area (Å²) in [5.74, 6) is -0.714. The molecule has 0 spiro atoms. The Balaban J connectivity index is 1.94. The molecule has 3 rings (SSSR count). The van der Waals surface area contributed by atoms with E-state index in [-0.39, 0.29) is 0 Å². The highest BCUT2D eigenvalue weighted by Gasteiger charge is 2.30. The first kappa shape index (κ1) is 13.3. The summed E-state index contributed by atoms with van der Waals surface area (Å²) in [7, 11) is 0. The minimum absolute atomic E-state index is 0.362. The normalized spacial score (nSPS) is 16.1. The highest BCUT2D eigenvalue weighted by Crippen LogP contribution is 2.43. The van der Waals surface area contributed by atoms with Gasteiger partial charge >= 0.3 is 5.97 Å². The number of hydrogen-bond acceptors (Lipinski definition) is 3. The van der Waals surface area contributed by atoms with Crippen LogP contribution in [0.1, 0.15) is 36.1 Å². The van der Waals surface area contributed by atoms with E-state index in [0.29, 0.717) is 11.5 Å². The second-order valence-electron chi connectivity index (χ2n) is 4.90. The lowest BCUT2D eigenvalue weighted by Gasteiger charge is -2.10. The summed E-state index contributed by atoms with van der Waals surface area (Å²) in [6, 6.07) is 6.76. The third-order valence-corrected chi connectivity index (χ3v) is 4.02. The quantitative estimate of drug-likeness (QED) is 0.899. The van der Waals surface area contributed by atoms with Gasteiger partial charge in [-0.3, -0.25) is 0 Å². The van der Waals surface area contributed by atoms with Crippen molar-refractivity contribution < 1.29 is 15.0 Å². The van der Waals surface area contributed by atoms with Crippen LogP contribution in [0.15, 0.2) is 34.9 Å². The Kier molecular flexibility index (Phi) is 3.35. The van der Waals surface area contributed by atoms with Crippen molar-refractivity contribution in [3.63, 3.8) is 0 Å². The Hall–Kier alpha value is -1.66. The van der Waals surface area contributed by atoms with E-state index in [0.717, 1.165) is 15.9 Å². The van der Waals surface area contributed by atoms with Gasteiger partial charge in [0.05, 0.1) is 22.1 Å². The third-order valence-electron chi connectivity index (χ3n) is 3.41. The predicted molar refractivity (Wildman–Crippen MR) is 75.8 cm³/mol. The molecule has 0 aliphatic heterocycles. The first-order valence-electron chi connectivity index (χ1n) is 6.32. The fourth-order valence-electron chi connectivity index (χ4n) is 2.21. The molecule has 1 atom stereocenters. The van der Waals surface area contributed by atoms with Crippen LogP contribution < -0.4 is 0 Å². The van der Waals surface area contributed by atoms with Crippen molar-refractivity contribution >= 4 is 21.9 Å². The minimum Gasteiger partial charge on any atom is -0.479 e. The lowest BCUT2D eigenvalue weighted by molar-refractivity contribution is -0.146. The number of aliphatic hydroxyl groups excluding tert-OH is 1. The summed E-state index contributed by atoms with van der Waals surface area (Å²) in [6.45, 7) is 0. The molecule has 1 heterocycles. The minimum atomic E-state index is -1.49. The average molecular weight is 337 g/mol. The molecular weight excluding hydrogens is 324 g/mol. The number of carbonyl (C=O) groups is 1. The van der Waals surface area contributed by atoms with Crippen LogP contribution in [0.4, 0.5) is 0 Å². The van der Waals surface area contributed by atoms with Crippen molar-refractivity contribution in [3.8, 4) is 5.69 Å². The van der Waals surface area contributed by atoms with Gasteiger partial charge in [0.25, 0.3) is 0 Å². The number of hydrogen-bond donors (Lipinski definition) is 2. The number of aliphatic hydroxyl groups is 1. The average Bonchev–Trinajstić information content (AvgIpc) is 3.21. The molecule has 6 heteroatoms. The standard InChI is InChI=1S/C14H13BrN2O3/c15-11-7-16-17(12(11)8-1-2-8)10-5-3-9(4-6-10)13(18)14(19)20/h3-8,13,18H,1-2H2,(H,19,20). The first-order valence-corrected chi connectivity index (χ1v) is 7.12. The van der Waals surface area contributed by atoms with E-state index < -0.39 is 12.1 Å². The number of rotatable bonds is 4. The summed E-state index contributed by atoms with van der Waals surface area (Å²) in [6.07, 6.45) is 2.62. The van der Waals surface area contributed by atoms with Crippen LogP contribution in [0, 0.1) is 0 Å². The molecule has 0 saturated heterocycles. The van der Waals surface area contributed by atoms with E-state index in [1.54, 1.807) is 30.5 Å². The van der Waals surface area contributed by atoms with Crippen molar-refractivity contribution in [1.82, 2.24) is 9.78 Å². The Morgan fingerprint density at radius 3 is 2.55 bits per heavy atom. The Labute approximate surface area is 124 Å². The van der Waals surface area contributed by atoms with Gasteiger partial charge in [-0.25, -0.2) is 9.48 Å². The molecule has 0 radical (unpaired) electrons. The van der Waals surface area contributed by atoms with Gasteiger partial charge in [-0.1, -0.05) is 12.1 Å². The zero-order valence-corrected chi connectivity index (χ0v) is 12.1. The van der Waals surface area contributed by atoms with Gasteiger partial charge in [-0.15, -0.1) is 0 Å². The maximum absolute atomic E-state index is 10.7. The van der Waals surface area contributed by atoms with Crippen molar-refractivity contribution in [2.24, 2.45) is 0 Å². The SMILES string of the molecule is O=C(O)C(O)c1ccc(-n2ncc(Br)c2C2CC2)cc1. The topological polar surface area (TPSA) is 75.3 Å². The largest absolute Gasteiger partial charge is 0.479 e. The zero-order chi connectivity index (χ0) is 14.3. The smallest absolute Gasteiger partial charge is 0.337 e. The van der Waals surface area contributed by atoms with Crippen LogP contribution in [-0.2, 0) is 4.79 Å². The number of aromatic nitrogens is 2. The van der Waals surface area contributed by atoms with Gasteiger partial charge in [0.15, 0.2) is 6.10 Å². The molecule has 5 nitrogen and oxygen atoms in total. The second-order valence-corrected chi connectivity index (χ2v) is 5.75. The maximum atomic E-state index is 10.7. The molecule has 1 aliphatic rings. The summed E-state index contributed by atoms with van der Waals surface area (Å²) in [5.41, 5.74) is 2.37. The summed E-state index contributed by atoms with van der Waals surface area (Å²) < 4.78 is 2.85. The van der Waals surface area contributed by atoms with Crippen LogP contribution in [0.5, 0.6) is 0 Å². The second kappa shape index (κ2) is 5.03. The van der Waals surface area contributed by atoms with Crippen molar-refractivity contribution in [2.45, 2.75) is 24.9 Å². The van der Waals surface area contributed by atoms with E-state index in [2.05, 4.69) is 21.0 Å². The Morgan fingerprint density at radius 2 is 2.00 bits per heavy atom. The first-order chi connectivity index (χ1) is 9.58. The molecule has 1 aliphatic carbocycles. The van der Waals surface area contributed by atoms with Gasteiger partial charge in [-0.05, 0) is 46.5 Å². The fourth-order valence-corrected chi connectivity index (χ4v) is 2.79. The molecule has 1 unspecified atom stereocenters. The lowest BCUT2D eigenvalue weighted by Crippen LogP contribution is -2.10. The monoisotopic (exact) mass is 336 g/mol. The highest BCUT2D eigenvalue weighted by molar-refractivity contribution is 9.10. The van der Waals surface area contributed by atoms with E-state index in [1.165, 1.54) is 12.8 Å². The predicted octanol–water partition coefficient (Wildman–Crippen LogP) is 2.63. The van der Waals surface area contributed by atoms with Crippen LogP contribution in [-0.4, -0.2) is 26.0 Å². The molecule has 2 N–H and O–H groups in total. The summed E-state index contributed by atoms with van der Waals surface area (Å²) in [4.78, 5) is 10.7. The highest BCUT2D eigenvalue weighted by atomic mass is 79.9. The molecule has 0 amide bonds. The molecule has 0 bridgehead atoms. The molecule has 1 aromatic carbocycles. The van der Waals surface area contributed by atoms with Gasteiger partial charge < -0.3 is 10.2 Å². The molecule has 2 aromatic rings. The molecule has 1 fully saturated rings. The van der Waals surface area contributed by atoms with Gasteiger partial charge in [0.1, 0.15) is 0 Å². The summed E-state index contributed by atoms with van der Waals surface area (Å²) >= 11 is 3.51.